The number of pyridine rings is 1. The van der Waals surface area contributed by atoms with Crippen molar-refractivity contribution in [2.45, 2.75) is 64.5 Å². The molecule has 0 saturated heterocycles. The largest absolute Gasteiger partial charge is 0.289 e. The number of aryl methyl sites for hydroxylation is 2. The molecule has 1 aromatic heterocycles. The van der Waals surface area contributed by atoms with Gasteiger partial charge in [0.05, 0.1) is 17.4 Å². The molecule has 2 aliphatic carbocycles. The fourth-order valence-electron chi connectivity index (χ4n) is 4.01. The summed E-state index contributed by atoms with van der Waals surface area (Å²) < 4.78 is 0. The molecule has 0 aromatic carbocycles. The quantitative estimate of drug-likeness (QED) is 0.799. The molecule has 0 bridgehead atoms. The van der Waals surface area contributed by atoms with Crippen molar-refractivity contribution in [2.24, 2.45) is 4.99 Å². The normalized spacial score (nSPS) is 22.7. The second kappa shape index (κ2) is 7.89. The van der Waals surface area contributed by atoms with Crippen molar-refractivity contribution < 1.29 is 0 Å². The molecule has 1 saturated carbocycles. The summed E-state index contributed by atoms with van der Waals surface area (Å²) >= 11 is 0. The SMILES string of the molecule is C=CN=C1C(=C)CCCC1N(CC)Cc1ccc2c(n1)CCCC2. The van der Waals surface area contributed by atoms with Crippen molar-refractivity contribution >= 4 is 5.71 Å². The van der Waals surface area contributed by atoms with E-state index in [9.17, 15) is 0 Å². The zero-order valence-corrected chi connectivity index (χ0v) is 14.9. The van der Waals surface area contributed by atoms with Crippen LogP contribution in [0.3, 0.4) is 0 Å². The first-order chi connectivity index (χ1) is 11.7. The number of rotatable bonds is 5. The lowest BCUT2D eigenvalue weighted by Crippen LogP contribution is -2.43. The molecule has 1 heterocycles. The highest BCUT2D eigenvalue weighted by atomic mass is 15.2. The van der Waals surface area contributed by atoms with Gasteiger partial charge in [-0.25, -0.2) is 0 Å². The first kappa shape index (κ1) is 17.1. The van der Waals surface area contributed by atoms with E-state index in [4.69, 9.17) is 4.98 Å². The van der Waals surface area contributed by atoms with Crippen LogP contribution in [0.5, 0.6) is 0 Å². The minimum atomic E-state index is 0.340. The fourth-order valence-corrected chi connectivity index (χ4v) is 4.01. The summed E-state index contributed by atoms with van der Waals surface area (Å²) in [6.45, 7) is 12.1. The van der Waals surface area contributed by atoms with Gasteiger partial charge in [0.25, 0.3) is 0 Å². The Morgan fingerprint density at radius 2 is 2.08 bits per heavy atom. The molecule has 3 heteroatoms. The minimum absolute atomic E-state index is 0.340. The van der Waals surface area contributed by atoms with Crippen molar-refractivity contribution in [1.82, 2.24) is 9.88 Å². The van der Waals surface area contributed by atoms with Crippen molar-refractivity contribution in [1.29, 1.82) is 0 Å². The van der Waals surface area contributed by atoms with Crippen molar-refractivity contribution in [3.63, 3.8) is 0 Å². The van der Waals surface area contributed by atoms with Gasteiger partial charge in [0.2, 0.25) is 0 Å². The zero-order chi connectivity index (χ0) is 16.9. The lowest BCUT2D eigenvalue weighted by Gasteiger charge is -2.35. The highest BCUT2D eigenvalue weighted by Gasteiger charge is 2.28. The van der Waals surface area contributed by atoms with Crippen LogP contribution in [0, 0.1) is 0 Å². The van der Waals surface area contributed by atoms with E-state index >= 15 is 0 Å². The summed E-state index contributed by atoms with van der Waals surface area (Å²) in [5.41, 5.74) is 6.25. The van der Waals surface area contributed by atoms with Gasteiger partial charge in [-0.1, -0.05) is 26.1 Å². The van der Waals surface area contributed by atoms with Gasteiger partial charge in [-0.2, -0.15) is 0 Å². The van der Waals surface area contributed by atoms with Crippen LogP contribution in [-0.2, 0) is 19.4 Å². The summed E-state index contributed by atoms with van der Waals surface area (Å²) in [4.78, 5) is 12.0. The number of nitrogens with zero attached hydrogens (tertiary/aromatic N) is 3. The Morgan fingerprint density at radius 3 is 2.88 bits per heavy atom. The third-order valence-corrected chi connectivity index (χ3v) is 5.31. The van der Waals surface area contributed by atoms with Gasteiger partial charge in [-0.3, -0.25) is 14.9 Å². The van der Waals surface area contributed by atoms with E-state index in [0.717, 1.165) is 38.1 Å². The fraction of sp³-hybridized carbons (Fsp3) is 0.524. The molecule has 128 valence electrons. The predicted molar refractivity (Wildman–Crippen MR) is 101 cm³/mol. The maximum absolute atomic E-state index is 4.96. The number of fused-ring (bicyclic) bond motifs is 1. The van der Waals surface area contributed by atoms with Crippen LogP contribution in [0.1, 0.15) is 56.0 Å². The van der Waals surface area contributed by atoms with Gasteiger partial charge in [0.1, 0.15) is 0 Å². The second-order valence-electron chi connectivity index (χ2n) is 6.89. The Kier molecular flexibility index (Phi) is 5.62. The molecule has 0 radical (unpaired) electrons. The average molecular weight is 323 g/mol. The van der Waals surface area contributed by atoms with Crippen LogP contribution >= 0.6 is 0 Å². The molecule has 1 atom stereocenters. The molecule has 2 aliphatic rings. The van der Waals surface area contributed by atoms with Crippen LogP contribution < -0.4 is 0 Å². The number of aliphatic imine (C=N–C) groups is 1. The molecule has 0 aliphatic heterocycles. The van der Waals surface area contributed by atoms with Gasteiger partial charge < -0.3 is 0 Å². The van der Waals surface area contributed by atoms with E-state index in [-0.39, 0.29) is 0 Å². The highest BCUT2D eigenvalue weighted by Crippen LogP contribution is 2.26. The Bertz CT molecular complexity index is 644. The van der Waals surface area contributed by atoms with Gasteiger partial charge in [-0.15, -0.1) is 0 Å². The molecular formula is C21H29N3. The Morgan fingerprint density at radius 1 is 1.25 bits per heavy atom. The Hall–Kier alpha value is -1.74. The Balaban J connectivity index is 1.79. The third-order valence-electron chi connectivity index (χ3n) is 5.31. The molecule has 3 rings (SSSR count). The first-order valence-electron chi connectivity index (χ1n) is 9.31. The molecule has 1 aromatic rings. The summed E-state index contributed by atoms with van der Waals surface area (Å²) in [7, 11) is 0. The molecule has 1 fully saturated rings. The molecule has 3 nitrogen and oxygen atoms in total. The monoisotopic (exact) mass is 323 g/mol. The lowest BCUT2D eigenvalue weighted by atomic mass is 9.88. The van der Waals surface area contributed by atoms with Crippen LogP contribution in [0.15, 0.2) is 42.1 Å². The van der Waals surface area contributed by atoms with Crippen molar-refractivity contribution in [3.8, 4) is 0 Å². The van der Waals surface area contributed by atoms with E-state index in [1.54, 1.807) is 6.20 Å². The average Bonchev–Trinajstić information content (AvgIpc) is 2.61. The lowest BCUT2D eigenvalue weighted by molar-refractivity contribution is 0.226. The van der Waals surface area contributed by atoms with Crippen LogP contribution in [-0.4, -0.2) is 28.2 Å². The van der Waals surface area contributed by atoms with Crippen LogP contribution in [0.25, 0.3) is 0 Å². The highest BCUT2D eigenvalue weighted by molar-refractivity contribution is 6.04. The number of hydrogen-bond acceptors (Lipinski definition) is 3. The standard InChI is InChI=1S/C21H29N3/c1-4-22-21-16(3)9-8-12-20(21)24(5-2)15-18-14-13-17-10-6-7-11-19(17)23-18/h4,13-14,20H,1,3,5-12,15H2,2H3. The van der Waals surface area contributed by atoms with Crippen molar-refractivity contribution in [3.05, 3.63) is 54.0 Å². The van der Waals surface area contributed by atoms with E-state index in [1.807, 2.05) is 0 Å². The third kappa shape index (κ3) is 3.67. The predicted octanol–water partition coefficient (Wildman–Crippen LogP) is 4.48. The van der Waals surface area contributed by atoms with Crippen LogP contribution in [0.2, 0.25) is 0 Å². The summed E-state index contributed by atoms with van der Waals surface area (Å²) in [6.07, 6.45) is 9.96. The number of hydrogen-bond donors (Lipinski definition) is 0. The Labute approximate surface area is 146 Å². The van der Waals surface area contributed by atoms with E-state index in [1.165, 1.54) is 48.2 Å². The summed E-state index contributed by atoms with van der Waals surface area (Å²) in [6, 6.07) is 4.85. The topological polar surface area (TPSA) is 28.5 Å². The molecular weight excluding hydrogens is 294 g/mol. The summed E-state index contributed by atoms with van der Waals surface area (Å²) in [5.74, 6) is 0. The molecule has 0 N–H and O–H groups in total. The second-order valence-corrected chi connectivity index (χ2v) is 6.89. The summed E-state index contributed by atoms with van der Waals surface area (Å²) in [5, 5.41) is 0. The maximum Gasteiger partial charge on any atom is 0.0601 e. The first-order valence-corrected chi connectivity index (χ1v) is 9.31. The minimum Gasteiger partial charge on any atom is -0.289 e. The van der Waals surface area contributed by atoms with Gasteiger partial charge in [-0.05, 0) is 68.7 Å². The molecule has 24 heavy (non-hydrogen) atoms. The van der Waals surface area contributed by atoms with E-state index in [2.05, 4.69) is 42.1 Å². The van der Waals surface area contributed by atoms with E-state index in [0.29, 0.717) is 6.04 Å². The smallest absolute Gasteiger partial charge is 0.0601 e. The van der Waals surface area contributed by atoms with Crippen molar-refractivity contribution in [2.75, 3.05) is 6.54 Å². The zero-order valence-electron chi connectivity index (χ0n) is 14.9. The maximum atomic E-state index is 4.96. The van der Waals surface area contributed by atoms with E-state index < -0.39 is 0 Å². The van der Waals surface area contributed by atoms with Gasteiger partial charge in [0, 0.05) is 18.4 Å². The molecule has 0 amide bonds. The van der Waals surface area contributed by atoms with Crippen LogP contribution in [0.4, 0.5) is 0 Å². The van der Waals surface area contributed by atoms with Gasteiger partial charge >= 0.3 is 0 Å². The molecule has 1 unspecified atom stereocenters. The number of aromatic nitrogens is 1. The molecule has 0 spiro atoms. The van der Waals surface area contributed by atoms with Gasteiger partial charge in [0.15, 0.2) is 0 Å².